The molecule has 0 bridgehead atoms. The van der Waals surface area contributed by atoms with Gasteiger partial charge in [-0.3, -0.25) is 0 Å². The highest BCUT2D eigenvalue weighted by molar-refractivity contribution is 5.50. The molecule has 1 atom stereocenters. The van der Waals surface area contributed by atoms with Crippen molar-refractivity contribution in [3.05, 3.63) is 47.9 Å². The van der Waals surface area contributed by atoms with Crippen LogP contribution >= 0.6 is 0 Å². The largest absolute Gasteiger partial charge is 0.573 e. The zero-order valence-corrected chi connectivity index (χ0v) is 15.7. The van der Waals surface area contributed by atoms with E-state index in [1.807, 2.05) is 0 Å². The lowest BCUT2D eigenvalue weighted by atomic mass is 9.78. The maximum atomic E-state index is 12.4. The van der Waals surface area contributed by atoms with Gasteiger partial charge in [0, 0.05) is 11.8 Å². The molecule has 2 N–H and O–H groups in total. The molecule has 0 aliphatic heterocycles. The van der Waals surface area contributed by atoms with Crippen LogP contribution < -0.4 is 10.1 Å². The van der Waals surface area contributed by atoms with Crippen LogP contribution in [0.5, 0.6) is 5.75 Å². The maximum absolute atomic E-state index is 12.4. The number of hydrogen-bond donors (Lipinski definition) is 2. The third-order valence-electron chi connectivity index (χ3n) is 4.65. The molecule has 0 amide bonds. The topological polar surface area (TPSA) is 84.6 Å². The van der Waals surface area contributed by atoms with Gasteiger partial charge in [-0.25, -0.2) is 4.98 Å². The van der Waals surface area contributed by atoms with Crippen LogP contribution in [0.15, 0.2) is 36.7 Å². The highest BCUT2D eigenvalue weighted by atomic mass is 19.4. The number of halogens is 3. The molecule has 2 aromatic heterocycles. The molecule has 3 aromatic rings. The van der Waals surface area contributed by atoms with Crippen LogP contribution in [0.25, 0.3) is 5.78 Å². The Balaban J connectivity index is 2.03. The highest BCUT2D eigenvalue weighted by Crippen LogP contribution is 2.37. The van der Waals surface area contributed by atoms with Gasteiger partial charge in [0.25, 0.3) is 5.78 Å². The van der Waals surface area contributed by atoms with Crippen molar-refractivity contribution >= 4 is 11.6 Å². The zero-order valence-electron chi connectivity index (χ0n) is 15.7. The molecular weight excluding hydrogens is 375 g/mol. The monoisotopic (exact) mass is 395 g/mol. The number of aromatic nitrogens is 4. The molecule has 0 saturated heterocycles. The Morgan fingerprint density at radius 3 is 2.32 bits per heavy atom. The average Bonchev–Trinajstić information content (AvgIpc) is 3.01. The predicted molar refractivity (Wildman–Crippen MR) is 95.9 cm³/mol. The molecule has 0 fully saturated rings. The molecule has 3 rings (SSSR count). The molecule has 7 nitrogen and oxygen atoms in total. The number of benzene rings is 1. The summed E-state index contributed by atoms with van der Waals surface area (Å²) >= 11 is 0. The molecule has 10 heteroatoms. The second kappa shape index (κ2) is 6.62. The third-order valence-corrected chi connectivity index (χ3v) is 4.65. The van der Waals surface area contributed by atoms with Gasteiger partial charge in [0.15, 0.2) is 0 Å². The van der Waals surface area contributed by atoms with Gasteiger partial charge in [-0.1, -0.05) is 12.1 Å². The van der Waals surface area contributed by atoms with Gasteiger partial charge in [-0.05, 0) is 45.4 Å². The third kappa shape index (κ3) is 3.86. The first kappa shape index (κ1) is 19.9. The molecule has 0 spiro atoms. The smallest absolute Gasteiger partial charge is 0.406 e. The number of nitrogens with zero attached hydrogens (tertiary/aromatic N) is 4. The van der Waals surface area contributed by atoms with Gasteiger partial charge < -0.3 is 15.2 Å². The molecule has 0 aliphatic carbocycles. The van der Waals surface area contributed by atoms with Gasteiger partial charge in [-0.15, -0.1) is 13.2 Å². The van der Waals surface area contributed by atoms with E-state index in [0.29, 0.717) is 22.9 Å². The van der Waals surface area contributed by atoms with E-state index in [9.17, 15) is 18.3 Å². The molecule has 28 heavy (non-hydrogen) atoms. The van der Waals surface area contributed by atoms with Gasteiger partial charge in [0.1, 0.15) is 17.9 Å². The number of anilines is 1. The van der Waals surface area contributed by atoms with Crippen molar-refractivity contribution in [1.29, 1.82) is 0 Å². The summed E-state index contributed by atoms with van der Waals surface area (Å²) in [4.78, 5) is 8.34. The fraction of sp³-hybridized carbons (Fsp3) is 0.389. The quantitative estimate of drug-likeness (QED) is 0.689. The standard InChI is InChI=1S/C18H20F3N5O2/c1-11-9-14(26-15(24-11)22-10-23-26)25-17(4,16(2,3)27)12-5-7-13(8-6-12)28-18(19,20)21/h5-10,25,27H,1-4H3/t17-/m0/s1. The van der Waals surface area contributed by atoms with Crippen LogP contribution in [0.2, 0.25) is 0 Å². The van der Waals surface area contributed by atoms with E-state index in [2.05, 4.69) is 25.1 Å². The molecule has 0 radical (unpaired) electrons. The van der Waals surface area contributed by atoms with E-state index >= 15 is 0 Å². The van der Waals surface area contributed by atoms with Crippen molar-refractivity contribution in [2.24, 2.45) is 0 Å². The summed E-state index contributed by atoms with van der Waals surface area (Å²) in [6.45, 7) is 6.75. The first-order valence-corrected chi connectivity index (χ1v) is 8.43. The second-order valence-electron chi connectivity index (χ2n) is 7.14. The first-order valence-electron chi connectivity index (χ1n) is 8.43. The van der Waals surface area contributed by atoms with Crippen molar-refractivity contribution in [3.8, 4) is 5.75 Å². The Hall–Kier alpha value is -2.88. The van der Waals surface area contributed by atoms with Crippen LogP contribution in [-0.2, 0) is 5.54 Å². The van der Waals surface area contributed by atoms with Gasteiger partial charge in [-0.2, -0.15) is 14.6 Å². The molecule has 150 valence electrons. The minimum absolute atomic E-state index is 0.340. The molecule has 2 heterocycles. The Kier molecular flexibility index (Phi) is 4.70. The summed E-state index contributed by atoms with van der Waals surface area (Å²) in [5.74, 6) is 0.572. The fourth-order valence-electron chi connectivity index (χ4n) is 2.84. The van der Waals surface area contributed by atoms with E-state index in [-0.39, 0.29) is 5.75 Å². The summed E-state index contributed by atoms with van der Waals surface area (Å²) in [7, 11) is 0. The van der Waals surface area contributed by atoms with E-state index in [0.717, 1.165) is 0 Å². The van der Waals surface area contributed by atoms with Crippen molar-refractivity contribution < 1.29 is 23.0 Å². The van der Waals surface area contributed by atoms with Crippen LogP contribution in [0, 0.1) is 6.92 Å². The van der Waals surface area contributed by atoms with E-state index in [1.54, 1.807) is 33.8 Å². The minimum Gasteiger partial charge on any atom is -0.406 e. The Bertz CT molecular complexity index is 980. The predicted octanol–water partition coefficient (Wildman–Crippen LogP) is 3.43. The summed E-state index contributed by atoms with van der Waals surface area (Å²) in [5, 5.41) is 18.2. The lowest BCUT2D eigenvalue weighted by molar-refractivity contribution is -0.274. The van der Waals surface area contributed by atoms with E-state index < -0.39 is 17.5 Å². The Labute approximate surface area is 159 Å². The summed E-state index contributed by atoms with van der Waals surface area (Å²) in [6, 6.07) is 7.10. The van der Waals surface area contributed by atoms with Crippen LogP contribution in [0.3, 0.4) is 0 Å². The van der Waals surface area contributed by atoms with Crippen LogP contribution in [-0.4, -0.2) is 36.7 Å². The number of ether oxygens (including phenoxy) is 1. The van der Waals surface area contributed by atoms with Gasteiger partial charge in [0.05, 0.1) is 11.1 Å². The normalized spacial score (nSPS) is 14.7. The Morgan fingerprint density at radius 2 is 1.75 bits per heavy atom. The van der Waals surface area contributed by atoms with E-state index in [1.165, 1.54) is 35.1 Å². The molecule has 0 saturated carbocycles. The van der Waals surface area contributed by atoms with Crippen LogP contribution in [0.1, 0.15) is 32.0 Å². The number of hydrogen-bond acceptors (Lipinski definition) is 6. The lowest BCUT2D eigenvalue weighted by Gasteiger charge is -2.42. The van der Waals surface area contributed by atoms with Crippen molar-refractivity contribution in [2.45, 2.75) is 45.2 Å². The lowest BCUT2D eigenvalue weighted by Crippen LogP contribution is -2.51. The summed E-state index contributed by atoms with van der Waals surface area (Å²) < 4.78 is 42.6. The van der Waals surface area contributed by atoms with Crippen molar-refractivity contribution in [2.75, 3.05) is 5.32 Å². The highest BCUT2D eigenvalue weighted by Gasteiger charge is 2.42. The second-order valence-corrected chi connectivity index (χ2v) is 7.14. The summed E-state index contributed by atoms with van der Waals surface area (Å²) in [5.41, 5.74) is -1.15. The van der Waals surface area contributed by atoms with Crippen molar-refractivity contribution in [1.82, 2.24) is 19.6 Å². The SMILES string of the molecule is Cc1cc(N[C@@](C)(c2ccc(OC(F)(F)F)cc2)C(C)(C)O)n2ncnc2n1. The zero-order chi connectivity index (χ0) is 20.7. The number of nitrogens with one attached hydrogen (secondary N) is 1. The minimum atomic E-state index is -4.77. The van der Waals surface area contributed by atoms with Crippen LogP contribution in [0.4, 0.5) is 19.0 Å². The molecule has 1 aromatic carbocycles. The number of alkyl halides is 3. The van der Waals surface area contributed by atoms with Gasteiger partial charge >= 0.3 is 6.36 Å². The van der Waals surface area contributed by atoms with Crippen molar-refractivity contribution in [3.63, 3.8) is 0 Å². The van der Waals surface area contributed by atoms with Gasteiger partial charge in [0.2, 0.25) is 0 Å². The number of fused-ring (bicyclic) bond motifs is 1. The molecule has 0 aliphatic rings. The number of aryl methyl sites for hydroxylation is 1. The number of rotatable bonds is 5. The number of aliphatic hydroxyl groups is 1. The summed E-state index contributed by atoms with van der Waals surface area (Å²) in [6.07, 6.45) is -3.41. The molecule has 0 unspecified atom stereocenters. The maximum Gasteiger partial charge on any atom is 0.573 e. The molecular formula is C18H20F3N5O2. The first-order chi connectivity index (χ1) is 12.9. The fourth-order valence-corrected chi connectivity index (χ4v) is 2.84. The Morgan fingerprint density at radius 1 is 1.11 bits per heavy atom. The van der Waals surface area contributed by atoms with E-state index in [4.69, 9.17) is 0 Å². The average molecular weight is 395 g/mol.